The summed E-state index contributed by atoms with van der Waals surface area (Å²) in [5, 5.41) is 6.67. The van der Waals surface area contributed by atoms with E-state index in [1.807, 2.05) is 20.8 Å². The van der Waals surface area contributed by atoms with Gasteiger partial charge in [0.05, 0.1) is 6.33 Å². The van der Waals surface area contributed by atoms with E-state index in [1.54, 1.807) is 23.3 Å². The van der Waals surface area contributed by atoms with Crippen molar-refractivity contribution in [3.05, 3.63) is 30.4 Å². The van der Waals surface area contributed by atoms with Gasteiger partial charge in [0.1, 0.15) is 12.6 Å². The predicted octanol–water partition coefficient (Wildman–Crippen LogP) is 1.27. The van der Waals surface area contributed by atoms with Crippen molar-refractivity contribution >= 4 is 5.91 Å². The minimum atomic E-state index is -0.309. The molecule has 1 atom stereocenters. The van der Waals surface area contributed by atoms with Crippen LogP contribution in [0, 0.1) is 0 Å². The lowest BCUT2D eigenvalue weighted by molar-refractivity contribution is -0.122. The monoisotopic (exact) mass is 263 g/mol. The first-order valence-corrected chi connectivity index (χ1v) is 6.15. The number of imidazole rings is 1. The maximum atomic E-state index is 11.8. The van der Waals surface area contributed by atoms with Crippen molar-refractivity contribution < 1.29 is 9.32 Å². The van der Waals surface area contributed by atoms with Gasteiger partial charge in [-0.1, -0.05) is 19.0 Å². The average molecular weight is 263 g/mol. The van der Waals surface area contributed by atoms with Gasteiger partial charge in [0.15, 0.2) is 5.82 Å². The number of rotatable bonds is 5. The number of amides is 1. The molecule has 2 aromatic rings. The molecule has 0 radical (unpaired) electrons. The summed E-state index contributed by atoms with van der Waals surface area (Å²) in [5.41, 5.74) is 0. The van der Waals surface area contributed by atoms with Gasteiger partial charge in [-0.25, -0.2) is 4.98 Å². The number of aromatic nitrogens is 4. The maximum Gasteiger partial charge on any atom is 0.248 e. The Kier molecular flexibility index (Phi) is 3.94. The van der Waals surface area contributed by atoms with Gasteiger partial charge >= 0.3 is 0 Å². The van der Waals surface area contributed by atoms with Crippen LogP contribution in [0.2, 0.25) is 0 Å². The van der Waals surface area contributed by atoms with Crippen LogP contribution in [-0.4, -0.2) is 25.6 Å². The molecule has 0 aromatic carbocycles. The highest BCUT2D eigenvalue weighted by molar-refractivity contribution is 5.76. The van der Waals surface area contributed by atoms with E-state index in [-0.39, 0.29) is 24.4 Å². The molecule has 2 rings (SSSR count). The van der Waals surface area contributed by atoms with Gasteiger partial charge in [-0.05, 0) is 6.92 Å². The molecular formula is C12H17N5O2. The third-order valence-corrected chi connectivity index (χ3v) is 2.61. The molecular weight excluding hydrogens is 246 g/mol. The van der Waals surface area contributed by atoms with E-state index in [1.165, 1.54) is 0 Å². The van der Waals surface area contributed by atoms with Gasteiger partial charge in [0, 0.05) is 18.3 Å². The quantitative estimate of drug-likeness (QED) is 0.877. The molecule has 2 heterocycles. The summed E-state index contributed by atoms with van der Waals surface area (Å²) in [5.74, 6) is 1.13. The molecule has 0 saturated heterocycles. The minimum Gasteiger partial charge on any atom is -0.343 e. The second kappa shape index (κ2) is 5.64. The van der Waals surface area contributed by atoms with Gasteiger partial charge < -0.3 is 14.4 Å². The van der Waals surface area contributed by atoms with Crippen LogP contribution in [0.5, 0.6) is 0 Å². The first kappa shape index (κ1) is 13.3. The zero-order valence-corrected chi connectivity index (χ0v) is 11.2. The Labute approximate surface area is 111 Å². The summed E-state index contributed by atoms with van der Waals surface area (Å²) < 4.78 is 6.82. The first-order chi connectivity index (χ1) is 9.06. The standard InChI is InChI=1S/C12H17N5O2/c1-8(2)11-15-12(19-16-11)9(3)14-10(18)6-17-5-4-13-7-17/h4-5,7-9H,6H2,1-3H3,(H,14,18)/t9-/m0/s1. The largest absolute Gasteiger partial charge is 0.343 e. The van der Waals surface area contributed by atoms with Gasteiger partial charge in [0.25, 0.3) is 0 Å². The third-order valence-electron chi connectivity index (χ3n) is 2.61. The molecule has 1 N–H and O–H groups in total. The molecule has 0 saturated carbocycles. The summed E-state index contributed by atoms with van der Waals surface area (Å²) >= 11 is 0. The number of nitrogens with zero attached hydrogens (tertiary/aromatic N) is 4. The number of nitrogens with one attached hydrogen (secondary N) is 1. The Morgan fingerprint density at radius 1 is 1.47 bits per heavy atom. The Bertz CT molecular complexity index is 532. The lowest BCUT2D eigenvalue weighted by atomic mass is 10.2. The van der Waals surface area contributed by atoms with Crippen molar-refractivity contribution in [2.75, 3.05) is 0 Å². The number of carbonyl (C=O) groups excluding carboxylic acids is 1. The summed E-state index contributed by atoms with van der Waals surface area (Å²) in [6.45, 7) is 5.99. The van der Waals surface area contributed by atoms with Crippen LogP contribution in [0.4, 0.5) is 0 Å². The van der Waals surface area contributed by atoms with E-state index in [0.717, 1.165) is 0 Å². The smallest absolute Gasteiger partial charge is 0.248 e. The zero-order valence-electron chi connectivity index (χ0n) is 11.2. The van der Waals surface area contributed by atoms with Crippen molar-refractivity contribution in [1.29, 1.82) is 0 Å². The molecule has 0 spiro atoms. The molecule has 2 aromatic heterocycles. The van der Waals surface area contributed by atoms with Crippen LogP contribution < -0.4 is 5.32 Å². The molecule has 0 unspecified atom stereocenters. The van der Waals surface area contributed by atoms with Crippen LogP contribution >= 0.6 is 0 Å². The first-order valence-electron chi connectivity index (χ1n) is 6.15. The molecule has 7 nitrogen and oxygen atoms in total. The van der Waals surface area contributed by atoms with E-state index < -0.39 is 0 Å². The molecule has 7 heteroatoms. The van der Waals surface area contributed by atoms with Gasteiger partial charge in [-0.15, -0.1) is 0 Å². The van der Waals surface area contributed by atoms with E-state index >= 15 is 0 Å². The fraction of sp³-hybridized carbons (Fsp3) is 0.500. The molecule has 0 aliphatic carbocycles. The average Bonchev–Trinajstić information content (AvgIpc) is 2.98. The predicted molar refractivity (Wildman–Crippen MR) is 67.2 cm³/mol. The summed E-state index contributed by atoms with van der Waals surface area (Å²) in [6, 6.07) is -0.309. The molecule has 19 heavy (non-hydrogen) atoms. The van der Waals surface area contributed by atoms with E-state index in [0.29, 0.717) is 11.7 Å². The molecule has 1 amide bonds. The Morgan fingerprint density at radius 3 is 2.84 bits per heavy atom. The summed E-state index contributed by atoms with van der Waals surface area (Å²) in [4.78, 5) is 19.9. The summed E-state index contributed by atoms with van der Waals surface area (Å²) in [7, 11) is 0. The fourth-order valence-corrected chi connectivity index (χ4v) is 1.55. The topological polar surface area (TPSA) is 85.8 Å². The SMILES string of the molecule is CC(C)c1noc([C@H](C)NC(=O)Cn2ccnc2)n1. The van der Waals surface area contributed by atoms with Crippen LogP contribution in [0.3, 0.4) is 0 Å². The number of carbonyl (C=O) groups is 1. The van der Waals surface area contributed by atoms with Crippen molar-refractivity contribution in [2.24, 2.45) is 0 Å². The molecule has 0 aliphatic rings. The Balaban J connectivity index is 1.92. The minimum absolute atomic E-state index is 0.130. The van der Waals surface area contributed by atoms with Gasteiger partial charge in [-0.3, -0.25) is 4.79 Å². The van der Waals surface area contributed by atoms with Crippen LogP contribution in [0.15, 0.2) is 23.2 Å². The van der Waals surface area contributed by atoms with Crippen molar-refractivity contribution in [3.8, 4) is 0 Å². The molecule has 0 fully saturated rings. The van der Waals surface area contributed by atoms with Crippen LogP contribution in [-0.2, 0) is 11.3 Å². The second-order valence-electron chi connectivity index (χ2n) is 4.67. The van der Waals surface area contributed by atoms with Gasteiger partial charge in [0.2, 0.25) is 11.8 Å². The van der Waals surface area contributed by atoms with Gasteiger partial charge in [-0.2, -0.15) is 4.98 Å². The lowest BCUT2D eigenvalue weighted by Crippen LogP contribution is -2.30. The summed E-state index contributed by atoms with van der Waals surface area (Å²) in [6.07, 6.45) is 4.95. The highest BCUT2D eigenvalue weighted by Crippen LogP contribution is 2.14. The van der Waals surface area contributed by atoms with E-state index in [9.17, 15) is 4.79 Å². The molecule has 0 aliphatic heterocycles. The highest BCUT2D eigenvalue weighted by atomic mass is 16.5. The number of hydrogen-bond acceptors (Lipinski definition) is 5. The van der Waals surface area contributed by atoms with Crippen molar-refractivity contribution in [2.45, 2.75) is 39.3 Å². The normalized spacial score (nSPS) is 12.6. The molecule has 102 valence electrons. The van der Waals surface area contributed by atoms with E-state index in [4.69, 9.17) is 4.52 Å². The lowest BCUT2D eigenvalue weighted by Gasteiger charge is -2.09. The maximum absolute atomic E-state index is 11.8. The Hall–Kier alpha value is -2.18. The van der Waals surface area contributed by atoms with E-state index in [2.05, 4.69) is 20.4 Å². The molecule has 0 bridgehead atoms. The van der Waals surface area contributed by atoms with Crippen LogP contribution in [0.25, 0.3) is 0 Å². The fourth-order valence-electron chi connectivity index (χ4n) is 1.55. The third kappa shape index (κ3) is 3.40. The van der Waals surface area contributed by atoms with Crippen LogP contribution in [0.1, 0.15) is 44.4 Å². The zero-order chi connectivity index (χ0) is 13.8. The number of hydrogen-bond donors (Lipinski definition) is 1. The highest BCUT2D eigenvalue weighted by Gasteiger charge is 2.17. The second-order valence-corrected chi connectivity index (χ2v) is 4.67. The van der Waals surface area contributed by atoms with Crippen molar-refractivity contribution in [3.63, 3.8) is 0 Å². The Morgan fingerprint density at radius 2 is 2.26 bits per heavy atom. The van der Waals surface area contributed by atoms with Crippen molar-refractivity contribution in [1.82, 2.24) is 25.0 Å².